The van der Waals surface area contributed by atoms with Gasteiger partial charge in [-0.25, -0.2) is 0 Å². The quantitative estimate of drug-likeness (QED) is 0.530. The Hall–Kier alpha value is -3.39. The Bertz CT molecular complexity index is 995. The van der Waals surface area contributed by atoms with Crippen LogP contribution in [0.4, 0.5) is 0 Å². The van der Waals surface area contributed by atoms with Crippen molar-refractivity contribution in [1.29, 1.82) is 0 Å². The van der Waals surface area contributed by atoms with E-state index in [2.05, 4.69) is 16.0 Å². The first kappa shape index (κ1) is 20.3. The van der Waals surface area contributed by atoms with Gasteiger partial charge in [-0.3, -0.25) is 14.4 Å². The summed E-state index contributed by atoms with van der Waals surface area (Å²) in [5.41, 5.74) is 1.27. The van der Waals surface area contributed by atoms with E-state index in [1.807, 2.05) is 19.1 Å². The fourth-order valence-corrected chi connectivity index (χ4v) is 3.36. The maximum absolute atomic E-state index is 12.3. The average Bonchev–Trinajstić information content (AvgIpc) is 3.40. The summed E-state index contributed by atoms with van der Waals surface area (Å²) in [5, 5.41) is 8.11. The fourth-order valence-electron chi connectivity index (χ4n) is 2.57. The molecule has 0 spiro atoms. The Morgan fingerprint density at radius 2 is 1.79 bits per heavy atom. The normalized spacial score (nSPS) is 10.4. The molecule has 0 radical (unpaired) electrons. The molecule has 3 N–H and O–H groups in total. The van der Waals surface area contributed by atoms with Crippen molar-refractivity contribution in [2.45, 2.75) is 20.0 Å². The zero-order valence-electron chi connectivity index (χ0n) is 15.9. The molecule has 150 valence electrons. The minimum atomic E-state index is -0.306. The maximum atomic E-state index is 12.3. The summed E-state index contributed by atoms with van der Waals surface area (Å²) in [6, 6.07) is 14.1. The highest BCUT2D eigenvalue weighted by molar-refractivity contribution is 7.13. The standard InChI is InChI=1S/C21H21N3O4S/c1-14-7-8-18(29-14)21(27)24-13-19(25)22-11-15-4-2-5-16(10-15)20(26)23-12-17-6-3-9-28-17/h2-10H,11-13H2,1H3,(H,22,25)(H,23,26)(H,24,27). The van der Waals surface area contributed by atoms with Gasteiger partial charge in [0.1, 0.15) is 5.76 Å². The third-order valence-electron chi connectivity index (χ3n) is 4.06. The van der Waals surface area contributed by atoms with E-state index in [1.54, 1.807) is 42.7 Å². The fraction of sp³-hybridized carbons (Fsp3) is 0.190. The van der Waals surface area contributed by atoms with E-state index in [4.69, 9.17) is 4.42 Å². The summed E-state index contributed by atoms with van der Waals surface area (Å²) in [7, 11) is 0. The van der Waals surface area contributed by atoms with Crippen LogP contribution in [0.15, 0.2) is 59.2 Å². The number of furan rings is 1. The van der Waals surface area contributed by atoms with E-state index in [0.717, 1.165) is 10.4 Å². The zero-order valence-corrected chi connectivity index (χ0v) is 16.7. The molecule has 0 saturated heterocycles. The molecule has 0 aliphatic heterocycles. The highest BCUT2D eigenvalue weighted by Crippen LogP contribution is 2.14. The van der Waals surface area contributed by atoms with Crippen LogP contribution >= 0.6 is 11.3 Å². The summed E-state index contributed by atoms with van der Waals surface area (Å²) in [6.45, 7) is 2.36. The van der Waals surface area contributed by atoms with Crippen LogP contribution in [-0.4, -0.2) is 24.3 Å². The molecule has 7 nitrogen and oxygen atoms in total. The minimum absolute atomic E-state index is 0.112. The predicted octanol–water partition coefficient (Wildman–Crippen LogP) is 2.63. The van der Waals surface area contributed by atoms with Gasteiger partial charge in [0.15, 0.2) is 0 Å². The van der Waals surface area contributed by atoms with Gasteiger partial charge >= 0.3 is 0 Å². The monoisotopic (exact) mass is 411 g/mol. The lowest BCUT2D eigenvalue weighted by molar-refractivity contribution is -0.120. The molecular formula is C21H21N3O4S. The largest absolute Gasteiger partial charge is 0.467 e. The van der Waals surface area contributed by atoms with Gasteiger partial charge in [0.2, 0.25) is 5.91 Å². The van der Waals surface area contributed by atoms with E-state index in [9.17, 15) is 14.4 Å². The zero-order chi connectivity index (χ0) is 20.6. The van der Waals surface area contributed by atoms with Crippen molar-refractivity contribution < 1.29 is 18.8 Å². The summed E-state index contributed by atoms with van der Waals surface area (Å²) >= 11 is 1.38. The van der Waals surface area contributed by atoms with Crippen LogP contribution in [0.5, 0.6) is 0 Å². The summed E-state index contributed by atoms with van der Waals surface area (Å²) < 4.78 is 5.19. The number of amides is 3. The molecule has 3 aromatic rings. The van der Waals surface area contributed by atoms with E-state index in [-0.39, 0.29) is 30.8 Å². The Morgan fingerprint density at radius 1 is 0.931 bits per heavy atom. The van der Waals surface area contributed by atoms with Crippen molar-refractivity contribution >= 4 is 29.1 Å². The number of hydrogen-bond donors (Lipinski definition) is 3. The Morgan fingerprint density at radius 3 is 2.52 bits per heavy atom. The Kier molecular flexibility index (Phi) is 6.80. The molecule has 3 amide bonds. The molecule has 0 bridgehead atoms. The molecule has 0 atom stereocenters. The second kappa shape index (κ2) is 9.70. The Labute approximate surface area is 172 Å². The lowest BCUT2D eigenvalue weighted by atomic mass is 10.1. The van der Waals surface area contributed by atoms with E-state index in [1.165, 1.54) is 11.3 Å². The van der Waals surface area contributed by atoms with Crippen molar-refractivity contribution in [3.05, 3.63) is 81.4 Å². The van der Waals surface area contributed by atoms with E-state index >= 15 is 0 Å². The van der Waals surface area contributed by atoms with Crippen LogP contribution in [0.25, 0.3) is 0 Å². The number of benzene rings is 1. The summed E-state index contributed by atoms with van der Waals surface area (Å²) in [6.07, 6.45) is 1.55. The molecule has 3 rings (SSSR count). The van der Waals surface area contributed by atoms with Crippen LogP contribution in [-0.2, 0) is 17.9 Å². The van der Waals surface area contributed by atoms with Crippen LogP contribution in [0.2, 0.25) is 0 Å². The Balaban J connectivity index is 1.45. The highest BCUT2D eigenvalue weighted by Gasteiger charge is 2.11. The summed E-state index contributed by atoms with van der Waals surface area (Å²) in [4.78, 5) is 37.8. The average molecular weight is 411 g/mol. The number of nitrogens with one attached hydrogen (secondary N) is 3. The lowest BCUT2D eigenvalue weighted by Gasteiger charge is -2.08. The first-order valence-electron chi connectivity index (χ1n) is 9.02. The molecule has 0 aliphatic carbocycles. The smallest absolute Gasteiger partial charge is 0.261 e. The highest BCUT2D eigenvalue weighted by atomic mass is 32.1. The van der Waals surface area contributed by atoms with E-state index < -0.39 is 0 Å². The summed E-state index contributed by atoms with van der Waals surface area (Å²) in [5.74, 6) is -0.137. The maximum Gasteiger partial charge on any atom is 0.261 e. The molecule has 1 aromatic carbocycles. The molecule has 2 aromatic heterocycles. The van der Waals surface area contributed by atoms with Gasteiger partial charge in [0.25, 0.3) is 11.8 Å². The topological polar surface area (TPSA) is 100 Å². The molecule has 29 heavy (non-hydrogen) atoms. The van der Waals surface area contributed by atoms with Gasteiger partial charge in [0.05, 0.1) is 24.2 Å². The molecule has 0 unspecified atom stereocenters. The van der Waals surface area contributed by atoms with E-state index in [0.29, 0.717) is 22.7 Å². The lowest BCUT2D eigenvalue weighted by Crippen LogP contribution is -2.36. The SMILES string of the molecule is Cc1ccc(C(=O)NCC(=O)NCc2cccc(C(=O)NCc3ccco3)c2)s1. The van der Waals surface area contributed by atoms with Gasteiger partial charge < -0.3 is 20.4 Å². The molecule has 0 aliphatic rings. The van der Waals surface area contributed by atoms with Crippen molar-refractivity contribution in [3.8, 4) is 0 Å². The van der Waals surface area contributed by atoms with Crippen LogP contribution < -0.4 is 16.0 Å². The number of aryl methyl sites for hydroxylation is 1. The van der Waals surface area contributed by atoms with Gasteiger partial charge in [-0.05, 0) is 48.9 Å². The first-order valence-corrected chi connectivity index (χ1v) is 9.84. The molecule has 0 saturated carbocycles. The van der Waals surface area contributed by atoms with Crippen LogP contribution in [0, 0.1) is 6.92 Å². The van der Waals surface area contributed by atoms with Crippen molar-refractivity contribution in [3.63, 3.8) is 0 Å². The number of rotatable bonds is 8. The predicted molar refractivity (Wildman–Crippen MR) is 110 cm³/mol. The molecule has 2 heterocycles. The van der Waals surface area contributed by atoms with Gasteiger partial charge in [0, 0.05) is 17.0 Å². The van der Waals surface area contributed by atoms with Gasteiger partial charge in [-0.15, -0.1) is 11.3 Å². The first-order chi connectivity index (χ1) is 14.0. The van der Waals surface area contributed by atoms with Crippen LogP contribution in [0.1, 0.15) is 36.2 Å². The number of thiophene rings is 1. The van der Waals surface area contributed by atoms with Gasteiger partial charge in [-0.1, -0.05) is 12.1 Å². The number of carbonyl (C=O) groups is 3. The van der Waals surface area contributed by atoms with Crippen molar-refractivity contribution in [2.24, 2.45) is 0 Å². The number of hydrogen-bond acceptors (Lipinski definition) is 5. The van der Waals surface area contributed by atoms with Crippen molar-refractivity contribution in [2.75, 3.05) is 6.54 Å². The minimum Gasteiger partial charge on any atom is -0.467 e. The van der Waals surface area contributed by atoms with Crippen LogP contribution in [0.3, 0.4) is 0 Å². The molecular weight excluding hydrogens is 390 g/mol. The third-order valence-corrected chi connectivity index (χ3v) is 5.06. The number of carbonyl (C=O) groups excluding carboxylic acids is 3. The molecule has 8 heteroatoms. The van der Waals surface area contributed by atoms with Crippen molar-refractivity contribution in [1.82, 2.24) is 16.0 Å². The second-order valence-electron chi connectivity index (χ2n) is 6.33. The molecule has 0 fully saturated rings. The van der Waals surface area contributed by atoms with Gasteiger partial charge in [-0.2, -0.15) is 0 Å². The second-order valence-corrected chi connectivity index (χ2v) is 7.62. The third kappa shape index (κ3) is 6.05.